The molecule has 1 aromatic carbocycles. The van der Waals surface area contributed by atoms with Crippen molar-refractivity contribution in [3.8, 4) is 0 Å². The molecule has 0 aromatic heterocycles. The average Bonchev–Trinajstić information content (AvgIpc) is 2.82. The van der Waals surface area contributed by atoms with Crippen LogP contribution in [0.15, 0.2) is 24.3 Å². The summed E-state index contributed by atoms with van der Waals surface area (Å²) >= 11 is 0. The van der Waals surface area contributed by atoms with E-state index in [1.807, 2.05) is 17.0 Å². The van der Waals surface area contributed by atoms with E-state index in [9.17, 15) is 13.2 Å². The van der Waals surface area contributed by atoms with Crippen LogP contribution in [0.25, 0.3) is 0 Å². The van der Waals surface area contributed by atoms with Crippen LogP contribution < -0.4 is 4.90 Å². The Morgan fingerprint density at radius 2 is 2.04 bits per heavy atom. The van der Waals surface area contributed by atoms with Gasteiger partial charge in [-0.1, -0.05) is 25.1 Å². The minimum atomic E-state index is -3.04. The highest BCUT2D eigenvalue weighted by atomic mass is 32.2. The molecule has 0 radical (unpaired) electrons. The maximum atomic E-state index is 13.0. The van der Waals surface area contributed by atoms with Gasteiger partial charge in [0.05, 0.1) is 17.4 Å². The lowest BCUT2D eigenvalue weighted by atomic mass is 10.0. The molecule has 126 valence electrons. The van der Waals surface area contributed by atoms with Crippen LogP contribution in [0.4, 0.5) is 5.69 Å². The number of likely N-dealkylation sites (N-methyl/N-ethyl adjacent to an activating group) is 1. The number of hydrogen-bond acceptors (Lipinski definition) is 4. The fourth-order valence-corrected chi connectivity index (χ4v) is 5.41. The first-order chi connectivity index (χ1) is 10.9. The van der Waals surface area contributed by atoms with Crippen molar-refractivity contribution in [3.05, 3.63) is 29.8 Å². The van der Waals surface area contributed by atoms with Gasteiger partial charge in [-0.25, -0.2) is 8.42 Å². The molecular weight excluding hydrogens is 312 g/mol. The number of anilines is 1. The summed E-state index contributed by atoms with van der Waals surface area (Å²) in [7, 11) is -0.991. The predicted octanol–water partition coefficient (Wildman–Crippen LogP) is 1.68. The molecule has 1 amide bonds. The molecule has 1 aromatic rings. The Hall–Kier alpha value is -1.56. The topological polar surface area (TPSA) is 57.7 Å². The van der Waals surface area contributed by atoms with Gasteiger partial charge in [-0.15, -0.1) is 0 Å². The van der Waals surface area contributed by atoms with E-state index in [-0.39, 0.29) is 29.4 Å². The third kappa shape index (κ3) is 3.22. The number of fused-ring (bicyclic) bond motifs is 1. The van der Waals surface area contributed by atoms with Gasteiger partial charge in [-0.05, 0) is 24.5 Å². The van der Waals surface area contributed by atoms with Crippen LogP contribution in [0.1, 0.15) is 25.3 Å². The zero-order chi connectivity index (χ0) is 16.6. The quantitative estimate of drug-likeness (QED) is 0.824. The van der Waals surface area contributed by atoms with Gasteiger partial charge in [0.2, 0.25) is 5.91 Å². The Balaban J connectivity index is 1.89. The third-order valence-electron chi connectivity index (χ3n) is 5.00. The smallest absolute Gasteiger partial charge is 0.227 e. The van der Waals surface area contributed by atoms with Crippen LogP contribution in [0.5, 0.6) is 0 Å². The monoisotopic (exact) mass is 336 g/mol. The van der Waals surface area contributed by atoms with Gasteiger partial charge in [-0.3, -0.25) is 4.79 Å². The van der Waals surface area contributed by atoms with E-state index < -0.39 is 9.84 Å². The Morgan fingerprint density at radius 3 is 2.70 bits per heavy atom. The van der Waals surface area contributed by atoms with Crippen LogP contribution in [0.3, 0.4) is 0 Å². The molecule has 2 aliphatic rings. The zero-order valence-corrected chi connectivity index (χ0v) is 14.6. The van der Waals surface area contributed by atoms with Crippen LogP contribution >= 0.6 is 0 Å². The van der Waals surface area contributed by atoms with E-state index in [1.54, 1.807) is 0 Å². The lowest BCUT2D eigenvalue weighted by Crippen LogP contribution is -2.46. The average molecular weight is 336 g/mol. The van der Waals surface area contributed by atoms with Gasteiger partial charge in [-0.2, -0.15) is 0 Å². The van der Waals surface area contributed by atoms with Crippen molar-refractivity contribution in [1.82, 2.24) is 4.90 Å². The summed E-state index contributed by atoms with van der Waals surface area (Å²) in [6.07, 6.45) is 1.33. The minimum absolute atomic E-state index is 0.00280. The molecule has 2 atom stereocenters. The van der Waals surface area contributed by atoms with E-state index in [0.717, 1.165) is 24.2 Å². The molecule has 0 spiro atoms. The summed E-state index contributed by atoms with van der Waals surface area (Å²) in [6.45, 7) is 3.42. The first kappa shape index (κ1) is 16.3. The van der Waals surface area contributed by atoms with Crippen molar-refractivity contribution in [1.29, 1.82) is 0 Å². The van der Waals surface area contributed by atoms with E-state index in [1.165, 1.54) is 0 Å². The van der Waals surface area contributed by atoms with Gasteiger partial charge in [0.15, 0.2) is 9.84 Å². The number of benzene rings is 1. The van der Waals surface area contributed by atoms with E-state index in [2.05, 4.69) is 31.0 Å². The van der Waals surface area contributed by atoms with Crippen molar-refractivity contribution < 1.29 is 13.2 Å². The Bertz CT molecular complexity index is 702. The molecule has 2 heterocycles. The fraction of sp³-hybridized carbons (Fsp3) is 0.588. The lowest BCUT2D eigenvalue weighted by molar-refractivity contribution is -0.137. The molecule has 3 rings (SSSR count). The van der Waals surface area contributed by atoms with Crippen LogP contribution in [-0.2, 0) is 21.2 Å². The van der Waals surface area contributed by atoms with Crippen molar-refractivity contribution in [2.75, 3.05) is 30.0 Å². The molecule has 0 N–H and O–H groups in total. The number of carbonyl (C=O) groups is 1. The molecule has 0 bridgehead atoms. The molecular formula is C17H24N2O3S. The van der Waals surface area contributed by atoms with Crippen LogP contribution in [0.2, 0.25) is 0 Å². The normalized spacial score (nSPS) is 26.7. The second-order valence-electron chi connectivity index (χ2n) is 6.64. The Morgan fingerprint density at radius 1 is 1.30 bits per heavy atom. The van der Waals surface area contributed by atoms with E-state index >= 15 is 0 Å². The van der Waals surface area contributed by atoms with E-state index in [0.29, 0.717) is 13.0 Å². The van der Waals surface area contributed by atoms with Crippen molar-refractivity contribution in [2.24, 2.45) is 5.92 Å². The highest BCUT2D eigenvalue weighted by Crippen LogP contribution is 2.30. The van der Waals surface area contributed by atoms with Gasteiger partial charge in [0.25, 0.3) is 0 Å². The molecule has 23 heavy (non-hydrogen) atoms. The summed E-state index contributed by atoms with van der Waals surface area (Å²) in [4.78, 5) is 17.1. The summed E-state index contributed by atoms with van der Waals surface area (Å²) in [5, 5.41) is 0. The van der Waals surface area contributed by atoms with Gasteiger partial charge in [0, 0.05) is 31.9 Å². The van der Waals surface area contributed by atoms with Crippen molar-refractivity contribution in [2.45, 2.75) is 32.4 Å². The maximum absolute atomic E-state index is 13.0. The number of amides is 1. The minimum Gasteiger partial charge on any atom is -0.372 e. The second kappa shape index (κ2) is 6.15. The van der Waals surface area contributed by atoms with E-state index in [4.69, 9.17) is 0 Å². The number of para-hydroxylation sites is 1. The summed E-state index contributed by atoms with van der Waals surface area (Å²) < 4.78 is 23.4. The molecule has 5 nitrogen and oxygen atoms in total. The SMILES string of the molecule is CC[C@H]1CN(C)c2ccccc2CN1C(=O)[C@H]1CCS(=O)(=O)C1. The summed E-state index contributed by atoms with van der Waals surface area (Å²) in [5.74, 6) is -0.214. The van der Waals surface area contributed by atoms with Crippen LogP contribution in [0, 0.1) is 5.92 Å². The number of sulfone groups is 1. The number of hydrogen-bond donors (Lipinski definition) is 0. The first-order valence-electron chi connectivity index (χ1n) is 8.21. The molecule has 0 unspecified atom stereocenters. The number of carbonyl (C=O) groups excluding carboxylic acids is 1. The highest BCUT2D eigenvalue weighted by molar-refractivity contribution is 7.91. The molecule has 0 saturated carbocycles. The fourth-order valence-electron chi connectivity index (χ4n) is 3.67. The molecule has 2 aliphatic heterocycles. The van der Waals surface area contributed by atoms with Gasteiger partial charge >= 0.3 is 0 Å². The zero-order valence-electron chi connectivity index (χ0n) is 13.7. The van der Waals surface area contributed by atoms with Gasteiger partial charge in [0.1, 0.15) is 0 Å². The maximum Gasteiger partial charge on any atom is 0.227 e. The molecule has 1 fully saturated rings. The summed E-state index contributed by atoms with van der Waals surface area (Å²) in [5.41, 5.74) is 2.28. The summed E-state index contributed by atoms with van der Waals surface area (Å²) in [6, 6.07) is 8.24. The molecule has 1 saturated heterocycles. The van der Waals surface area contributed by atoms with Gasteiger partial charge < -0.3 is 9.80 Å². The Kier molecular flexibility index (Phi) is 4.36. The largest absolute Gasteiger partial charge is 0.372 e. The lowest BCUT2D eigenvalue weighted by Gasteiger charge is -2.32. The number of rotatable bonds is 2. The van der Waals surface area contributed by atoms with Crippen molar-refractivity contribution in [3.63, 3.8) is 0 Å². The van der Waals surface area contributed by atoms with Crippen molar-refractivity contribution >= 4 is 21.4 Å². The second-order valence-corrected chi connectivity index (χ2v) is 8.87. The van der Waals surface area contributed by atoms with Crippen LogP contribution in [-0.4, -0.2) is 50.4 Å². The highest BCUT2D eigenvalue weighted by Gasteiger charge is 2.38. The number of nitrogens with zero attached hydrogens (tertiary/aromatic N) is 2. The third-order valence-corrected chi connectivity index (χ3v) is 6.77. The predicted molar refractivity (Wildman–Crippen MR) is 91.1 cm³/mol. The molecule has 6 heteroatoms. The first-order valence-corrected chi connectivity index (χ1v) is 10.0. The Labute approximate surface area is 138 Å². The molecule has 0 aliphatic carbocycles. The standard InChI is InChI=1S/C17H24N2O3S/c1-3-15-11-18(2)16-7-5-4-6-13(16)10-19(15)17(20)14-8-9-23(21,22)12-14/h4-7,14-15H,3,8-12H2,1-2H3/t14-,15-/m0/s1.